The van der Waals surface area contributed by atoms with E-state index in [-0.39, 0.29) is 17.6 Å². The maximum atomic E-state index is 13.4. The van der Waals surface area contributed by atoms with Crippen molar-refractivity contribution < 1.29 is 9.13 Å². The summed E-state index contributed by atoms with van der Waals surface area (Å²) in [7, 11) is 1.47. The number of methoxy groups -OCH3 is 1. The van der Waals surface area contributed by atoms with Gasteiger partial charge in [0.15, 0.2) is 11.6 Å². The number of rotatable bonds is 4. The Balaban J connectivity index is 2.15. The number of benzene rings is 2. The minimum absolute atomic E-state index is 0.0783. The van der Waals surface area contributed by atoms with E-state index in [1.165, 1.54) is 16.7 Å². The standard InChI is InChI=1S/C15H15FINO/c1-10(18-13-6-4-12(17)5-7-13)11-3-8-14(16)15(9-11)19-2/h3-10,18H,1-2H3. The number of hydrogen-bond acceptors (Lipinski definition) is 2. The largest absolute Gasteiger partial charge is 0.494 e. The lowest BCUT2D eigenvalue weighted by molar-refractivity contribution is 0.385. The molecular formula is C15H15FINO. The van der Waals surface area contributed by atoms with Crippen LogP contribution in [0.1, 0.15) is 18.5 Å². The first-order valence-corrected chi connectivity index (χ1v) is 7.03. The second kappa shape index (κ2) is 6.23. The lowest BCUT2D eigenvalue weighted by Gasteiger charge is -2.16. The van der Waals surface area contributed by atoms with Gasteiger partial charge in [0.1, 0.15) is 0 Å². The minimum Gasteiger partial charge on any atom is -0.494 e. The zero-order valence-corrected chi connectivity index (χ0v) is 12.9. The third-order valence-electron chi connectivity index (χ3n) is 2.90. The van der Waals surface area contributed by atoms with E-state index in [0.717, 1.165) is 11.3 Å². The van der Waals surface area contributed by atoms with Crippen LogP contribution in [0.15, 0.2) is 42.5 Å². The molecule has 0 aliphatic heterocycles. The molecule has 0 saturated heterocycles. The highest BCUT2D eigenvalue weighted by atomic mass is 127. The zero-order chi connectivity index (χ0) is 13.8. The van der Waals surface area contributed by atoms with Crippen molar-refractivity contribution in [1.82, 2.24) is 0 Å². The molecule has 0 aliphatic carbocycles. The summed E-state index contributed by atoms with van der Waals surface area (Å²) in [6.07, 6.45) is 0. The number of nitrogens with one attached hydrogen (secondary N) is 1. The van der Waals surface area contributed by atoms with Crippen molar-refractivity contribution in [2.45, 2.75) is 13.0 Å². The summed E-state index contributed by atoms with van der Waals surface area (Å²) in [5.41, 5.74) is 2.02. The number of hydrogen-bond donors (Lipinski definition) is 1. The third kappa shape index (κ3) is 3.59. The van der Waals surface area contributed by atoms with E-state index in [0.29, 0.717) is 0 Å². The van der Waals surface area contributed by atoms with E-state index in [1.807, 2.05) is 31.2 Å². The predicted octanol–water partition coefficient (Wildman–Crippen LogP) is 4.61. The van der Waals surface area contributed by atoms with Crippen LogP contribution in [0.2, 0.25) is 0 Å². The molecule has 0 bridgehead atoms. The lowest BCUT2D eigenvalue weighted by atomic mass is 10.1. The fraction of sp³-hybridized carbons (Fsp3) is 0.200. The van der Waals surface area contributed by atoms with E-state index >= 15 is 0 Å². The van der Waals surface area contributed by atoms with Crippen LogP contribution in [-0.4, -0.2) is 7.11 Å². The molecule has 0 heterocycles. The molecule has 0 spiro atoms. The Labute approximate surface area is 126 Å². The van der Waals surface area contributed by atoms with E-state index in [4.69, 9.17) is 4.74 Å². The van der Waals surface area contributed by atoms with Crippen LogP contribution in [0.4, 0.5) is 10.1 Å². The van der Waals surface area contributed by atoms with Crippen molar-refractivity contribution in [3.05, 3.63) is 57.4 Å². The molecule has 19 heavy (non-hydrogen) atoms. The first kappa shape index (κ1) is 14.1. The summed E-state index contributed by atoms with van der Waals surface area (Å²) in [5, 5.41) is 3.37. The second-order valence-corrected chi connectivity index (χ2v) is 5.51. The van der Waals surface area contributed by atoms with Gasteiger partial charge in [-0.3, -0.25) is 0 Å². The lowest BCUT2D eigenvalue weighted by Crippen LogP contribution is -2.07. The molecule has 2 aromatic carbocycles. The van der Waals surface area contributed by atoms with Crippen LogP contribution in [0.3, 0.4) is 0 Å². The fourth-order valence-corrected chi connectivity index (χ4v) is 2.18. The average Bonchev–Trinajstić information content (AvgIpc) is 2.42. The Hall–Kier alpha value is -1.30. The van der Waals surface area contributed by atoms with Gasteiger partial charge in [0.05, 0.1) is 7.11 Å². The fourth-order valence-electron chi connectivity index (χ4n) is 1.83. The quantitative estimate of drug-likeness (QED) is 0.793. The van der Waals surface area contributed by atoms with Gasteiger partial charge < -0.3 is 10.1 Å². The summed E-state index contributed by atoms with van der Waals surface area (Å²) < 4.78 is 19.6. The van der Waals surface area contributed by atoms with Gasteiger partial charge in [-0.2, -0.15) is 0 Å². The van der Waals surface area contributed by atoms with Crippen molar-refractivity contribution >= 4 is 28.3 Å². The summed E-state index contributed by atoms with van der Waals surface area (Å²) in [6, 6.07) is 13.1. The summed E-state index contributed by atoms with van der Waals surface area (Å²) in [4.78, 5) is 0. The Morgan fingerprint density at radius 1 is 1.16 bits per heavy atom. The SMILES string of the molecule is COc1cc(C(C)Nc2ccc(I)cc2)ccc1F. The molecule has 0 aliphatic rings. The van der Waals surface area contributed by atoms with Gasteiger partial charge in [-0.15, -0.1) is 0 Å². The first-order chi connectivity index (χ1) is 9.10. The van der Waals surface area contributed by atoms with Crippen molar-refractivity contribution in [2.24, 2.45) is 0 Å². The van der Waals surface area contributed by atoms with Gasteiger partial charge in [-0.05, 0) is 71.5 Å². The van der Waals surface area contributed by atoms with Crippen LogP contribution in [-0.2, 0) is 0 Å². The molecule has 2 aromatic rings. The highest BCUT2D eigenvalue weighted by Gasteiger charge is 2.09. The molecule has 0 saturated carbocycles. The van der Waals surface area contributed by atoms with Crippen LogP contribution in [0, 0.1) is 9.39 Å². The Morgan fingerprint density at radius 2 is 1.84 bits per heavy atom. The highest BCUT2D eigenvalue weighted by molar-refractivity contribution is 14.1. The number of halogens is 2. The van der Waals surface area contributed by atoms with E-state index in [9.17, 15) is 4.39 Å². The maximum Gasteiger partial charge on any atom is 0.165 e. The van der Waals surface area contributed by atoms with Crippen molar-refractivity contribution in [1.29, 1.82) is 0 Å². The van der Waals surface area contributed by atoms with Crippen molar-refractivity contribution in [2.75, 3.05) is 12.4 Å². The van der Waals surface area contributed by atoms with Crippen LogP contribution >= 0.6 is 22.6 Å². The van der Waals surface area contributed by atoms with Crippen LogP contribution in [0.5, 0.6) is 5.75 Å². The smallest absolute Gasteiger partial charge is 0.165 e. The monoisotopic (exact) mass is 371 g/mol. The molecule has 2 nitrogen and oxygen atoms in total. The van der Waals surface area contributed by atoms with Gasteiger partial charge in [0, 0.05) is 15.3 Å². The summed E-state index contributed by atoms with van der Waals surface area (Å²) in [6.45, 7) is 2.03. The number of ether oxygens (including phenoxy) is 1. The Kier molecular flexibility index (Phi) is 4.63. The molecule has 0 fully saturated rings. The summed E-state index contributed by atoms with van der Waals surface area (Å²) >= 11 is 2.27. The molecular weight excluding hydrogens is 356 g/mol. The van der Waals surface area contributed by atoms with E-state index < -0.39 is 0 Å². The van der Waals surface area contributed by atoms with Crippen molar-refractivity contribution in [3.63, 3.8) is 0 Å². The molecule has 1 unspecified atom stereocenters. The second-order valence-electron chi connectivity index (χ2n) is 4.27. The van der Waals surface area contributed by atoms with Gasteiger partial charge in [-0.1, -0.05) is 6.07 Å². The van der Waals surface area contributed by atoms with E-state index in [2.05, 4.69) is 27.9 Å². The Morgan fingerprint density at radius 3 is 2.47 bits per heavy atom. The zero-order valence-electron chi connectivity index (χ0n) is 10.8. The molecule has 2 rings (SSSR count). The van der Waals surface area contributed by atoms with Gasteiger partial charge in [0.25, 0.3) is 0 Å². The van der Waals surface area contributed by atoms with Crippen LogP contribution in [0.25, 0.3) is 0 Å². The van der Waals surface area contributed by atoms with Crippen molar-refractivity contribution in [3.8, 4) is 5.75 Å². The van der Waals surface area contributed by atoms with Gasteiger partial charge in [-0.25, -0.2) is 4.39 Å². The molecule has 0 amide bonds. The molecule has 4 heteroatoms. The van der Waals surface area contributed by atoms with E-state index in [1.54, 1.807) is 12.1 Å². The first-order valence-electron chi connectivity index (χ1n) is 5.95. The van der Waals surface area contributed by atoms with Gasteiger partial charge in [0.2, 0.25) is 0 Å². The molecule has 1 N–H and O–H groups in total. The summed E-state index contributed by atoms with van der Waals surface area (Å²) in [5.74, 6) is -0.0681. The maximum absolute atomic E-state index is 13.4. The Bertz CT molecular complexity index is 557. The predicted molar refractivity (Wildman–Crippen MR) is 84.1 cm³/mol. The third-order valence-corrected chi connectivity index (χ3v) is 3.62. The van der Waals surface area contributed by atoms with Crippen LogP contribution < -0.4 is 10.1 Å². The highest BCUT2D eigenvalue weighted by Crippen LogP contribution is 2.25. The normalized spacial score (nSPS) is 12.0. The minimum atomic E-state index is -0.340. The van der Waals surface area contributed by atoms with Gasteiger partial charge >= 0.3 is 0 Å². The topological polar surface area (TPSA) is 21.3 Å². The average molecular weight is 371 g/mol. The number of anilines is 1. The molecule has 1 atom stereocenters. The molecule has 100 valence electrons. The molecule has 0 radical (unpaired) electrons. The molecule has 0 aromatic heterocycles.